The third-order valence-electron chi connectivity index (χ3n) is 3.82. The lowest BCUT2D eigenvalue weighted by atomic mass is 9.90. The summed E-state index contributed by atoms with van der Waals surface area (Å²) >= 11 is 0. The number of rotatable bonds is 4. The molecular weight excluding hydrogens is 244 g/mol. The highest BCUT2D eigenvalue weighted by atomic mass is 28.3. The van der Waals surface area contributed by atoms with E-state index in [0.29, 0.717) is 12.8 Å². The van der Waals surface area contributed by atoms with Gasteiger partial charge < -0.3 is 4.90 Å². The maximum Gasteiger partial charge on any atom is 0.319 e. The fourth-order valence-corrected chi connectivity index (χ4v) is 4.39. The Morgan fingerprint density at radius 2 is 1.56 bits per heavy atom. The van der Waals surface area contributed by atoms with Crippen LogP contribution in [-0.2, 0) is 4.79 Å². The zero-order chi connectivity index (χ0) is 14.3. The molecule has 1 rings (SSSR count). The van der Waals surface area contributed by atoms with Crippen LogP contribution in [0.2, 0.25) is 19.6 Å². The third-order valence-corrected chi connectivity index (χ3v) is 5.55. The minimum Gasteiger partial charge on any atom is -0.308 e. The van der Waals surface area contributed by atoms with Crippen molar-refractivity contribution in [3.8, 4) is 0 Å². The minimum atomic E-state index is -1.97. The molecule has 0 aromatic rings. The first-order valence-electron chi connectivity index (χ1n) is 6.81. The van der Waals surface area contributed by atoms with Gasteiger partial charge in [0.1, 0.15) is 5.54 Å². The monoisotopic (exact) mass is 270 g/mol. The molecule has 0 bridgehead atoms. The zero-order valence-electron chi connectivity index (χ0n) is 12.7. The van der Waals surface area contributed by atoms with Gasteiger partial charge in [0.05, 0.1) is 0 Å². The summed E-state index contributed by atoms with van der Waals surface area (Å²) in [6, 6.07) is -0.0273. The molecule has 5 heteroatoms. The van der Waals surface area contributed by atoms with Crippen LogP contribution < -0.4 is 0 Å². The summed E-state index contributed by atoms with van der Waals surface area (Å²) in [6.07, 6.45) is 1.38. The Morgan fingerprint density at radius 1 is 1.11 bits per heavy atom. The van der Waals surface area contributed by atoms with E-state index in [1.54, 1.807) is 9.47 Å². The molecule has 0 aromatic carbocycles. The van der Waals surface area contributed by atoms with E-state index in [4.69, 9.17) is 0 Å². The molecule has 1 heterocycles. The molecule has 0 N–H and O–H groups in total. The molecule has 0 atom stereocenters. The molecule has 3 amide bonds. The Kier molecular flexibility index (Phi) is 3.96. The van der Waals surface area contributed by atoms with E-state index in [0.717, 1.165) is 0 Å². The van der Waals surface area contributed by atoms with Crippen LogP contribution in [0.1, 0.15) is 40.5 Å². The Balaban J connectivity index is 3.36. The lowest BCUT2D eigenvalue weighted by Crippen LogP contribution is -2.52. The van der Waals surface area contributed by atoms with E-state index >= 15 is 0 Å². The fourth-order valence-electron chi connectivity index (χ4n) is 2.89. The van der Waals surface area contributed by atoms with Gasteiger partial charge >= 0.3 is 6.03 Å². The first-order valence-corrected chi connectivity index (χ1v) is 10.3. The van der Waals surface area contributed by atoms with Crippen molar-refractivity contribution < 1.29 is 9.59 Å². The SMILES string of the molecule is CCC1(CC)C(=O)N([Si](C)(C)C)C(=O)N1C(C)C. The van der Waals surface area contributed by atoms with Crippen molar-refractivity contribution in [2.75, 3.05) is 0 Å². The largest absolute Gasteiger partial charge is 0.319 e. The Morgan fingerprint density at radius 3 is 1.78 bits per heavy atom. The second-order valence-corrected chi connectivity index (χ2v) is 11.1. The van der Waals surface area contributed by atoms with Crippen LogP contribution in [0.25, 0.3) is 0 Å². The standard InChI is InChI=1S/C13H26N2O2Si/c1-8-13(9-2)11(16)15(18(5,6)7)12(17)14(13)10(3)4/h10H,8-9H2,1-7H3. The van der Waals surface area contributed by atoms with E-state index in [9.17, 15) is 9.59 Å². The molecule has 0 saturated carbocycles. The quantitative estimate of drug-likeness (QED) is 0.582. The second kappa shape index (κ2) is 4.68. The van der Waals surface area contributed by atoms with Crippen molar-refractivity contribution in [1.82, 2.24) is 9.47 Å². The second-order valence-electron chi connectivity index (χ2n) is 6.30. The summed E-state index contributed by atoms with van der Waals surface area (Å²) in [4.78, 5) is 27.2. The molecule has 1 saturated heterocycles. The van der Waals surface area contributed by atoms with E-state index in [1.165, 1.54) is 0 Å². The van der Waals surface area contributed by atoms with Gasteiger partial charge in [-0.15, -0.1) is 0 Å². The number of nitrogens with zero attached hydrogens (tertiary/aromatic N) is 2. The smallest absolute Gasteiger partial charge is 0.308 e. The van der Waals surface area contributed by atoms with Crippen molar-refractivity contribution >= 4 is 20.2 Å². The lowest BCUT2D eigenvalue weighted by Gasteiger charge is -2.36. The molecular formula is C13H26N2O2Si. The maximum absolute atomic E-state index is 12.8. The molecule has 0 spiro atoms. The number of urea groups is 1. The van der Waals surface area contributed by atoms with E-state index < -0.39 is 13.8 Å². The van der Waals surface area contributed by atoms with Crippen LogP contribution >= 0.6 is 0 Å². The van der Waals surface area contributed by atoms with Crippen LogP contribution in [0, 0.1) is 0 Å². The van der Waals surface area contributed by atoms with Gasteiger partial charge in [0.15, 0.2) is 8.24 Å². The molecule has 4 nitrogen and oxygen atoms in total. The van der Waals surface area contributed by atoms with Gasteiger partial charge in [0.2, 0.25) is 5.91 Å². The molecule has 1 aliphatic rings. The summed E-state index contributed by atoms with van der Waals surface area (Å²) in [5.74, 6) is 0.0189. The van der Waals surface area contributed by atoms with Gasteiger partial charge in [0, 0.05) is 6.04 Å². The van der Waals surface area contributed by atoms with Crippen molar-refractivity contribution in [2.24, 2.45) is 0 Å². The van der Waals surface area contributed by atoms with Gasteiger partial charge in [-0.3, -0.25) is 9.36 Å². The first kappa shape index (κ1) is 15.2. The lowest BCUT2D eigenvalue weighted by molar-refractivity contribution is -0.131. The summed E-state index contributed by atoms with van der Waals surface area (Å²) < 4.78 is 1.57. The summed E-state index contributed by atoms with van der Waals surface area (Å²) in [7, 11) is -1.97. The molecule has 0 unspecified atom stereocenters. The number of imide groups is 1. The van der Waals surface area contributed by atoms with Crippen molar-refractivity contribution in [1.29, 1.82) is 0 Å². The molecule has 0 radical (unpaired) electrons. The van der Waals surface area contributed by atoms with Crippen molar-refractivity contribution in [3.05, 3.63) is 0 Å². The van der Waals surface area contributed by atoms with Gasteiger partial charge in [-0.25, -0.2) is 4.79 Å². The van der Waals surface area contributed by atoms with E-state index in [-0.39, 0.29) is 18.0 Å². The van der Waals surface area contributed by atoms with Gasteiger partial charge in [-0.2, -0.15) is 0 Å². The van der Waals surface area contributed by atoms with Crippen LogP contribution in [0.5, 0.6) is 0 Å². The van der Waals surface area contributed by atoms with Crippen molar-refractivity contribution in [2.45, 2.75) is 71.8 Å². The van der Waals surface area contributed by atoms with Gasteiger partial charge in [0.25, 0.3) is 0 Å². The number of carbonyl (C=O) groups excluding carboxylic acids is 2. The number of carbonyl (C=O) groups is 2. The highest BCUT2D eigenvalue weighted by Crippen LogP contribution is 2.38. The topological polar surface area (TPSA) is 40.6 Å². The molecule has 1 fully saturated rings. The molecule has 1 aliphatic heterocycles. The number of hydrogen-bond donors (Lipinski definition) is 0. The first-order chi connectivity index (χ1) is 8.13. The number of hydrogen-bond acceptors (Lipinski definition) is 2. The van der Waals surface area contributed by atoms with E-state index in [1.807, 2.05) is 47.3 Å². The predicted octanol–water partition coefficient (Wildman–Crippen LogP) is 3.05. The Labute approximate surface area is 111 Å². The van der Waals surface area contributed by atoms with Gasteiger partial charge in [-0.05, 0) is 26.7 Å². The summed E-state index contributed by atoms with van der Waals surface area (Å²) in [5.41, 5.74) is -0.620. The highest BCUT2D eigenvalue weighted by molar-refractivity contribution is 6.78. The van der Waals surface area contributed by atoms with Crippen LogP contribution in [0.4, 0.5) is 4.79 Å². The Hall–Kier alpha value is -0.843. The highest BCUT2D eigenvalue weighted by Gasteiger charge is 2.58. The van der Waals surface area contributed by atoms with Crippen LogP contribution in [0.3, 0.4) is 0 Å². The molecule has 0 aliphatic carbocycles. The van der Waals surface area contributed by atoms with Gasteiger partial charge in [-0.1, -0.05) is 33.5 Å². The fraction of sp³-hybridized carbons (Fsp3) is 0.846. The molecule has 0 aromatic heterocycles. The average molecular weight is 270 g/mol. The third kappa shape index (κ3) is 1.98. The molecule has 104 valence electrons. The maximum atomic E-state index is 12.8. The van der Waals surface area contributed by atoms with Crippen LogP contribution in [0.15, 0.2) is 0 Å². The average Bonchev–Trinajstić information content (AvgIpc) is 2.45. The van der Waals surface area contributed by atoms with E-state index in [2.05, 4.69) is 0 Å². The zero-order valence-corrected chi connectivity index (χ0v) is 13.7. The minimum absolute atomic E-state index is 0.0189. The van der Waals surface area contributed by atoms with Crippen molar-refractivity contribution in [3.63, 3.8) is 0 Å². The predicted molar refractivity (Wildman–Crippen MR) is 75.9 cm³/mol. The normalized spacial score (nSPS) is 20.2. The van der Waals surface area contributed by atoms with Crippen LogP contribution in [-0.4, -0.2) is 41.2 Å². The summed E-state index contributed by atoms with van der Waals surface area (Å²) in [5, 5.41) is 0. The molecule has 18 heavy (non-hydrogen) atoms. The Bertz CT molecular complexity index is 356. The number of amides is 3. The summed E-state index contributed by atoms with van der Waals surface area (Å²) in [6.45, 7) is 14.1.